The summed E-state index contributed by atoms with van der Waals surface area (Å²) in [6.07, 6.45) is 0. The van der Waals surface area contributed by atoms with Crippen LogP contribution in [0.3, 0.4) is 0 Å². The normalized spacial score (nSPS) is 11.0. The zero-order valence-electron chi connectivity index (χ0n) is 10.3. The number of benzene rings is 1. The van der Waals surface area contributed by atoms with Crippen LogP contribution in [0.1, 0.15) is 11.6 Å². The standard InChI is InChI=1S/C13H14N4S/c1-9-15-16-13(17(9)2)8-14-11-3-4-12-10(7-11)5-6-18-12/h3-7,14H,8H2,1-2H3. The van der Waals surface area contributed by atoms with Crippen molar-refractivity contribution in [3.63, 3.8) is 0 Å². The molecule has 0 unspecified atom stereocenters. The number of aromatic nitrogens is 3. The summed E-state index contributed by atoms with van der Waals surface area (Å²) < 4.78 is 3.31. The van der Waals surface area contributed by atoms with E-state index in [-0.39, 0.29) is 0 Å². The van der Waals surface area contributed by atoms with E-state index in [1.807, 2.05) is 18.5 Å². The summed E-state index contributed by atoms with van der Waals surface area (Å²) in [5, 5.41) is 14.9. The van der Waals surface area contributed by atoms with Crippen LogP contribution in [0.15, 0.2) is 29.6 Å². The molecular weight excluding hydrogens is 244 g/mol. The molecule has 0 aliphatic carbocycles. The first kappa shape index (κ1) is 11.2. The molecule has 0 fully saturated rings. The van der Waals surface area contributed by atoms with E-state index < -0.39 is 0 Å². The lowest BCUT2D eigenvalue weighted by Crippen LogP contribution is -2.06. The van der Waals surface area contributed by atoms with Gasteiger partial charge in [-0.15, -0.1) is 21.5 Å². The minimum atomic E-state index is 0.687. The van der Waals surface area contributed by atoms with E-state index in [9.17, 15) is 0 Å². The van der Waals surface area contributed by atoms with Crippen LogP contribution in [0.25, 0.3) is 10.1 Å². The molecule has 0 aliphatic heterocycles. The molecule has 0 saturated carbocycles. The van der Waals surface area contributed by atoms with Crippen LogP contribution in [0.4, 0.5) is 5.69 Å². The highest BCUT2D eigenvalue weighted by atomic mass is 32.1. The Morgan fingerprint density at radius 1 is 1.28 bits per heavy atom. The Morgan fingerprint density at radius 2 is 2.17 bits per heavy atom. The third-order valence-electron chi connectivity index (χ3n) is 3.09. The maximum atomic E-state index is 4.14. The highest BCUT2D eigenvalue weighted by Crippen LogP contribution is 2.24. The summed E-state index contributed by atoms with van der Waals surface area (Å²) in [5.41, 5.74) is 1.11. The van der Waals surface area contributed by atoms with Gasteiger partial charge >= 0.3 is 0 Å². The first-order valence-corrected chi connectivity index (χ1v) is 6.68. The average molecular weight is 258 g/mol. The van der Waals surface area contributed by atoms with Crippen molar-refractivity contribution in [1.29, 1.82) is 0 Å². The van der Waals surface area contributed by atoms with Crippen molar-refractivity contribution >= 4 is 27.1 Å². The Kier molecular flexibility index (Phi) is 2.76. The second-order valence-electron chi connectivity index (χ2n) is 4.25. The van der Waals surface area contributed by atoms with Crippen molar-refractivity contribution in [1.82, 2.24) is 14.8 Å². The Hall–Kier alpha value is -1.88. The fourth-order valence-corrected chi connectivity index (χ4v) is 2.63. The molecule has 0 radical (unpaired) electrons. The van der Waals surface area contributed by atoms with Crippen molar-refractivity contribution < 1.29 is 0 Å². The van der Waals surface area contributed by atoms with Crippen LogP contribution >= 0.6 is 11.3 Å². The number of fused-ring (bicyclic) bond motifs is 1. The van der Waals surface area contributed by atoms with E-state index in [4.69, 9.17) is 0 Å². The lowest BCUT2D eigenvalue weighted by molar-refractivity contribution is 0.789. The smallest absolute Gasteiger partial charge is 0.152 e. The van der Waals surface area contributed by atoms with Gasteiger partial charge in [0.2, 0.25) is 0 Å². The summed E-state index contributed by atoms with van der Waals surface area (Å²) in [6.45, 7) is 2.64. The Morgan fingerprint density at radius 3 is 2.94 bits per heavy atom. The highest BCUT2D eigenvalue weighted by Gasteiger charge is 2.04. The van der Waals surface area contributed by atoms with Crippen LogP contribution < -0.4 is 5.32 Å². The van der Waals surface area contributed by atoms with Gasteiger partial charge in [-0.3, -0.25) is 0 Å². The molecule has 3 rings (SSSR count). The lowest BCUT2D eigenvalue weighted by Gasteiger charge is -2.06. The minimum Gasteiger partial charge on any atom is -0.378 e. The summed E-state index contributed by atoms with van der Waals surface area (Å²) in [7, 11) is 1.98. The Labute approximate surface area is 109 Å². The molecule has 4 nitrogen and oxygen atoms in total. The fraction of sp³-hybridized carbons (Fsp3) is 0.231. The molecule has 1 N–H and O–H groups in total. The van der Waals surface area contributed by atoms with Gasteiger partial charge in [0.15, 0.2) is 5.82 Å². The van der Waals surface area contributed by atoms with E-state index >= 15 is 0 Å². The monoisotopic (exact) mass is 258 g/mol. The van der Waals surface area contributed by atoms with Crippen LogP contribution in [0.2, 0.25) is 0 Å². The number of nitrogens with one attached hydrogen (secondary N) is 1. The topological polar surface area (TPSA) is 42.7 Å². The second kappa shape index (κ2) is 4.42. The summed E-state index contributed by atoms with van der Waals surface area (Å²) in [6, 6.07) is 8.54. The van der Waals surface area contributed by atoms with E-state index in [1.165, 1.54) is 10.1 Å². The molecule has 3 aromatic rings. The minimum absolute atomic E-state index is 0.687. The van der Waals surface area contributed by atoms with Crippen molar-refractivity contribution in [3.05, 3.63) is 41.3 Å². The fourth-order valence-electron chi connectivity index (χ4n) is 1.86. The maximum Gasteiger partial charge on any atom is 0.152 e. The van der Waals surface area contributed by atoms with Crippen molar-refractivity contribution in [3.8, 4) is 0 Å². The number of rotatable bonds is 3. The van der Waals surface area contributed by atoms with Gasteiger partial charge in [0, 0.05) is 17.4 Å². The number of anilines is 1. The molecule has 2 heterocycles. The van der Waals surface area contributed by atoms with Gasteiger partial charge in [-0.1, -0.05) is 0 Å². The predicted molar refractivity (Wildman–Crippen MR) is 74.9 cm³/mol. The van der Waals surface area contributed by atoms with Gasteiger partial charge < -0.3 is 9.88 Å². The largest absolute Gasteiger partial charge is 0.378 e. The SMILES string of the molecule is Cc1nnc(CNc2ccc3sccc3c2)n1C. The molecule has 0 saturated heterocycles. The predicted octanol–water partition coefficient (Wildman–Crippen LogP) is 2.95. The molecular formula is C13H14N4S. The first-order valence-electron chi connectivity index (χ1n) is 5.80. The van der Waals surface area contributed by atoms with Crippen molar-refractivity contribution in [2.75, 3.05) is 5.32 Å². The molecule has 92 valence electrons. The van der Waals surface area contributed by atoms with Gasteiger partial charge in [0.1, 0.15) is 5.82 Å². The zero-order chi connectivity index (χ0) is 12.5. The molecule has 0 atom stereocenters. The van der Waals surface area contributed by atoms with Gasteiger partial charge in [-0.2, -0.15) is 0 Å². The molecule has 0 spiro atoms. The van der Waals surface area contributed by atoms with E-state index in [1.54, 1.807) is 11.3 Å². The summed E-state index contributed by atoms with van der Waals surface area (Å²) in [5.74, 6) is 1.87. The molecule has 0 bridgehead atoms. The Bertz CT molecular complexity index is 683. The third kappa shape index (κ3) is 1.97. The van der Waals surface area contributed by atoms with Crippen LogP contribution in [0, 0.1) is 6.92 Å². The number of hydrogen-bond acceptors (Lipinski definition) is 4. The van der Waals surface area contributed by atoms with Crippen LogP contribution in [0.5, 0.6) is 0 Å². The summed E-state index contributed by atoms with van der Waals surface area (Å²) in [4.78, 5) is 0. The quantitative estimate of drug-likeness (QED) is 0.785. The van der Waals surface area contributed by atoms with Crippen LogP contribution in [-0.4, -0.2) is 14.8 Å². The van der Waals surface area contributed by atoms with Crippen LogP contribution in [-0.2, 0) is 13.6 Å². The molecule has 0 amide bonds. The number of nitrogens with zero attached hydrogens (tertiary/aromatic N) is 3. The molecule has 1 aromatic carbocycles. The van der Waals surface area contributed by atoms with Crippen molar-refractivity contribution in [2.45, 2.75) is 13.5 Å². The van der Waals surface area contributed by atoms with Crippen molar-refractivity contribution in [2.24, 2.45) is 7.05 Å². The van der Waals surface area contributed by atoms with Gasteiger partial charge in [0.25, 0.3) is 0 Å². The van der Waals surface area contributed by atoms with E-state index in [0.29, 0.717) is 6.54 Å². The van der Waals surface area contributed by atoms with E-state index in [2.05, 4.69) is 45.2 Å². The second-order valence-corrected chi connectivity index (χ2v) is 5.20. The third-order valence-corrected chi connectivity index (χ3v) is 3.98. The number of aryl methyl sites for hydroxylation is 1. The molecule has 18 heavy (non-hydrogen) atoms. The highest BCUT2D eigenvalue weighted by molar-refractivity contribution is 7.17. The van der Waals surface area contributed by atoms with Gasteiger partial charge in [-0.25, -0.2) is 0 Å². The van der Waals surface area contributed by atoms with Gasteiger partial charge in [0.05, 0.1) is 6.54 Å². The molecule has 2 aromatic heterocycles. The maximum absolute atomic E-state index is 4.14. The first-order chi connectivity index (χ1) is 8.74. The Balaban J connectivity index is 1.78. The summed E-state index contributed by atoms with van der Waals surface area (Å²) >= 11 is 1.76. The van der Waals surface area contributed by atoms with Gasteiger partial charge in [-0.05, 0) is 42.0 Å². The van der Waals surface area contributed by atoms with E-state index in [0.717, 1.165) is 17.3 Å². The average Bonchev–Trinajstić information content (AvgIpc) is 2.96. The lowest BCUT2D eigenvalue weighted by atomic mass is 10.2. The number of hydrogen-bond donors (Lipinski definition) is 1. The zero-order valence-corrected chi connectivity index (χ0v) is 11.2. The number of thiophene rings is 1. The molecule has 5 heteroatoms. The molecule has 0 aliphatic rings.